The molecule has 0 amide bonds. The first kappa shape index (κ1) is 14.5. The van der Waals surface area contributed by atoms with Crippen LogP contribution in [0, 0.1) is 6.92 Å². The van der Waals surface area contributed by atoms with Crippen molar-refractivity contribution in [3.8, 4) is 0 Å². The molecule has 0 saturated carbocycles. The number of hydrogen-bond donors (Lipinski definition) is 2. The molecule has 20 heavy (non-hydrogen) atoms. The quantitative estimate of drug-likeness (QED) is 0.671. The molecule has 1 unspecified atom stereocenters. The van der Waals surface area contributed by atoms with Gasteiger partial charge in [0.2, 0.25) is 0 Å². The van der Waals surface area contributed by atoms with Crippen molar-refractivity contribution >= 4 is 34.0 Å². The second-order valence-electron chi connectivity index (χ2n) is 4.87. The molecule has 0 aliphatic rings. The molecule has 0 radical (unpaired) electrons. The van der Waals surface area contributed by atoms with E-state index in [0.29, 0.717) is 16.7 Å². The lowest BCUT2D eigenvalue weighted by Crippen LogP contribution is -2.35. The van der Waals surface area contributed by atoms with E-state index >= 15 is 0 Å². The van der Waals surface area contributed by atoms with Crippen LogP contribution in [0.2, 0.25) is 0 Å². The molecule has 0 saturated heterocycles. The number of anilines is 1. The Bertz CT molecular complexity index is 694. The highest BCUT2D eigenvalue weighted by Crippen LogP contribution is 2.20. The van der Waals surface area contributed by atoms with E-state index in [4.69, 9.17) is 16.6 Å². The molecule has 4 nitrogen and oxygen atoms in total. The Balaban J connectivity index is 2.24. The van der Waals surface area contributed by atoms with Gasteiger partial charge in [0.05, 0.1) is 0 Å². The van der Waals surface area contributed by atoms with Crippen LogP contribution in [0.25, 0.3) is 11.0 Å². The van der Waals surface area contributed by atoms with Crippen LogP contribution in [0.1, 0.15) is 25.8 Å². The molecule has 0 fully saturated rings. The first-order valence-corrected chi connectivity index (χ1v) is 7.02. The van der Waals surface area contributed by atoms with E-state index in [1.165, 1.54) is 6.07 Å². The number of thiocarbonyl (C=S) groups is 1. The second kappa shape index (κ2) is 6.05. The van der Waals surface area contributed by atoms with Gasteiger partial charge in [0.15, 0.2) is 5.11 Å². The third-order valence-electron chi connectivity index (χ3n) is 3.20. The number of nitrogens with one attached hydrogen (secondary N) is 2. The Kier molecular flexibility index (Phi) is 4.39. The van der Waals surface area contributed by atoms with Crippen LogP contribution in [-0.4, -0.2) is 11.2 Å². The standard InChI is InChI=1S/C15H18N2O2S/c1-4-10(3)16-15(20)17-11-5-6-12-9(2)7-14(18)19-13(12)8-11/h5-8,10H,4H2,1-3H3,(H2,16,17,20). The van der Waals surface area contributed by atoms with Gasteiger partial charge in [-0.25, -0.2) is 4.79 Å². The highest BCUT2D eigenvalue weighted by Gasteiger charge is 2.05. The Morgan fingerprint density at radius 1 is 1.40 bits per heavy atom. The SMILES string of the molecule is CCC(C)NC(=S)Nc1ccc2c(C)cc(=O)oc2c1. The van der Waals surface area contributed by atoms with E-state index in [0.717, 1.165) is 23.1 Å². The molecule has 0 aliphatic carbocycles. The van der Waals surface area contributed by atoms with Gasteiger partial charge in [-0.15, -0.1) is 0 Å². The Hall–Kier alpha value is -1.88. The van der Waals surface area contributed by atoms with Gasteiger partial charge >= 0.3 is 5.63 Å². The number of fused-ring (bicyclic) bond motifs is 1. The zero-order valence-electron chi connectivity index (χ0n) is 11.8. The van der Waals surface area contributed by atoms with Gasteiger partial charge in [-0.3, -0.25) is 0 Å². The van der Waals surface area contributed by atoms with E-state index in [1.54, 1.807) is 6.07 Å². The third-order valence-corrected chi connectivity index (χ3v) is 3.42. The van der Waals surface area contributed by atoms with Gasteiger partial charge in [-0.05, 0) is 50.2 Å². The Labute approximate surface area is 123 Å². The van der Waals surface area contributed by atoms with Crippen molar-refractivity contribution in [1.29, 1.82) is 0 Å². The number of benzene rings is 1. The largest absolute Gasteiger partial charge is 0.423 e. The second-order valence-corrected chi connectivity index (χ2v) is 5.28. The number of hydrogen-bond acceptors (Lipinski definition) is 3. The summed E-state index contributed by atoms with van der Waals surface area (Å²) in [7, 11) is 0. The highest BCUT2D eigenvalue weighted by molar-refractivity contribution is 7.80. The van der Waals surface area contributed by atoms with Crippen molar-refractivity contribution in [2.75, 3.05) is 5.32 Å². The van der Waals surface area contributed by atoms with E-state index in [1.807, 2.05) is 19.1 Å². The lowest BCUT2D eigenvalue weighted by Gasteiger charge is -2.15. The van der Waals surface area contributed by atoms with Crippen LogP contribution >= 0.6 is 12.2 Å². The molecule has 2 N–H and O–H groups in total. The van der Waals surface area contributed by atoms with Gasteiger partial charge < -0.3 is 15.1 Å². The molecule has 1 aromatic heterocycles. The number of rotatable bonds is 3. The molecule has 2 rings (SSSR count). The molecule has 1 atom stereocenters. The molecule has 0 bridgehead atoms. The van der Waals surface area contributed by atoms with Crippen molar-refractivity contribution in [1.82, 2.24) is 5.32 Å². The Morgan fingerprint density at radius 2 is 2.15 bits per heavy atom. The van der Waals surface area contributed by atoms with Gasteiger partial charge in [-0.1, -0.05) is 6.92 Å². The summed E-state index contributed by atoms with van der Waals surface area (Å²) < 4.78 is 5.21. The minimum atomic E-state index is -0.340. The predicted molar refractivity (Wildman–Crippen MR) is 86.3 cm³/mol. The van der Waals surface area contributed by atoms with E-state index in [-0.39, 0.29) is 5.63 Å². The molecule has 0 aliphatic heterocycles. The average molecular weight is 290 g/mol. The van der Waals surface area contributed by atoms with Crippen molar-refractivity contribution in [2.45, 2.75) is 33.2 Å². The summed E-state index contributed by atoms with van der Waals surface area (Å²) in [5.74, 6) is 0. The van der Waals surface area contributed by atoms with E-state index in [9.17, 15) is 4.79 Å². The summed E-state index contributed by atoms with van der Waals surface area (Å²) >= 11 is 5.24. The molecule has 5 heteroatoms. The van der Waals surface area contributed by atoms with Gasteiger partial charge in [0.1, 0.15) is 5.58 Å². The molecule has 0 spiro atoms. The number of aryl methyl sites for hydroxylation is 1. The van der Waals surface area contributed by atoms with Crippen molar-refractivity contribution in [2.24, 2.45) is 0 Å². The fraction of sp³-hybridized carbons (Fsp3) is 0.333. The monoisotopic (exact) mass is 290 g/mol. The summed E-state index contributed by atoms with van der Waals surface area (Å²) in [6.45, 7) is 6.05. The summed E-state index contributed by atoms with van der Waals surface area (Å²) in [6, 6.07) is 7.43. The molecular formula is C15H18N2O2S. The fourth-order valence-electron chi connectivity index (χ4n) is 1.90. The first-order valence-electron chi connectivity index (χ1n) is 6.61. The van der Waals surface area contributed by atoms with Crippen molar-refractivity contribution in [3.05, 3.63) is 40.2 Å². The maximum atomic E-state index is 11.4. The molecule has 1 heterocycles. The highest BCUT2D eigenvalue weighted by atomic mass is 32.1. The Morgan fingerprint density at radius 3 is 2.85 bits per heavy atom. The van der Waals surface area contributed by atoms with Crippen LogP contribution in [0.15, 0.2) is 33.5 Å². The van der Waals surface area contributed by atoms with Gasteiger partial charge in [-0.2, -0.15) is 0 Å². The van der Waals surface area contributed by atoms with Crippen LogP contribution in [0.4, 0.5) is 5.69 Å². The van der Waals surface area contributed by atoms with Crippen molar-refractivity contribution < 1.29 is 4.42 Å². The molecule has 1 aromatic carbocycles. The molecular weight excluding hydrogens is 272 g/mol. The minimum Gasteiger partial charge on any atom is -0.423 e. The molecule has 2 aromatic rings. The smallest absolute Gasteiger partial charge is 0.336 e. The summed E-state index contributed by atoms with van der Waals surface area (Å²) in [4.78, 5) is 11.4. The summed E-state index contributed by atoms with van der Waals surface area (Å²) in [5.41, 5.74) is 1.92. The van der Waals surface area contributed by atoms with Crippen LogP contribution in [-0.2, 0) is 0 Å². The fourth-order valence-corrected chi connectivity index (χ4v) is 2.21. The maximum absolute atomic E-state index is 11.4. The zero-order chi connectivity index (χ0) is 14.7. The summed E-state index contributed by atoms with van der Waals surface area (Å²) in [6.07, 6.45) is 0.994. The van der Waals surface area contributed by atoms with Crippen LogP contribution in [0.3, 0.4) is 0 Å². The van der Waals surface area contributed by atoms with Gasteiger partial charge in [0, 0.05) is 29.2 Å². The topological polar surface area (TPSA) is 54.3 Å². The lowest BCUT2D eigenvalue weighted by molar-refractivity contribution is 0.560. The lowest BCUT2D eigenvalue weighted by atomic mass is 10.1. The predicted octanol–water partition coefficient (Wildman–Crippen LogP) is 3.19. The van der Waals surface area contributed by atoms with E-state index < -0.39 is 0 Å². The maximum Gasteiger partial charge on any atom is 0.336 e. The summed E-state index contributed by atoms with van der Waals surface area (Å²) in [5, 5.41) is 7.76. The van der Waals surface area contributed by atoms with E-state index in [2.05, 4.69) is 24.5 Å². The molecule has 106 valence electrons. The van der Waals surface area contributed by atoms with Crippen LogP contribution in [0.5, 0.6) is 0 Å². The van der Waals surface area contributed by atoms with Gasteiger partial charge in [0.25, 0.3) is 0 Å². The normalized spacial score (nSPS) is 12.2. The average Bonchev–Trinajstić information content (AvgIpc) is 2.37. The zero-order valence-corrected chi connectivity index (χ0v) is 12.6. The van der Waals surface area contributed by atoms with Crippen molar-refractivity contribution in [3.63, 3.8) is 0 Å². The third kappa shape index (κ3) is 3.36. The van der Waals surface area contributed by atoms with Crippen LogP contribution < -0.4 is 16.3 Å². The first-order chi connectivity index (χ1) is 9.49. The minimum absolute atomic E-state index is 0.315.